The Labute approximate surface area is 104 Å². The van der Waals surface area contributed by atoms with E-state index in [1.165, 1.54) is 17.5 Å². The van der Waals surface area contributed by atoms with Gasteiger partial charge in [0.05, 0.1) is 23.4 Å². The molecular weight excluding hydrogens is 262 g/mol. The molecule has 17 heavy (non-hydrogen) atoms. The second-order valence-corrected chi connectivity index (χ2v) is 7.47. The highest BCUT2D eigenvalue weighted by Crippen LogP contribution is 2.24. The van der Waals surface area contributed by atoms with Crippen LogP contribution in [0.25, 0.3) is 0 Å². The molecule has 0 amide bonds. The Balaban J connectivity index is 2.26. The Kier molecular flexibility index (Phi) is 3.50. The summed E-state index contributed by atoms with van der Waals surface area (Å²) >= 11 is 1.14. The standard InChI is InChI=1S/C9H15N3O3S2/c1-6-11-5-9(16-6)17(14,15)12(2)7-3-10-4-8(7)13/h5,7-8,10,13H,3-4H2,1-2H3/t7-,8-/m1/s1. The number of aliphatic hydroxyl groups excluding tert-OH is 1. The number of hydrogen-bond donors (Lipinski definition) is 2. The lowest BCUT2D eigenvalue weighted by Gasteiger charge is -2.24. The summed E-state index contributed by atoms with van der Waals surface area (Å²) in [6.45, 7) is 2.65. The van der Waals surface area contributed by atoms with Crippen molar-refractivity contribution in [1.82, 2.24) is 14.6 Å². The van der Waals surface area contributed by atoms with E-state index in [2.05, 4.69) is 10.3 Å². The number of aryl methyl sites for hydroxylation is 1. The van der Waals surface area contributed by atoms with Crippen molar-refractivity contribution in [3.05, 3.63) is 11.2 Å². The van der Waals surface area contributed by atoms with Crippen LogP contribution in [0.15, 0.2) is 10.4 Å². The summed E-state index contributed by atoms with van der Waals surface area (Å²) in [5.41, 5.74) is 0. The average Bonchev–Trinajstić information content (AvgIpc) is 2.86. The van der Waals surface area contributed by atoms with Gasteiger partial charge in [-0.1, -0.05) is 0 Å². The molecule has 0 bridgehead atoms. The van der Waals surface area contributed by atoms with Gasteiger partial charge in [0.1, 0.15) is 0 Å². The number of sulfonamides is 1. The third-order valence-corrected chi connectivity index (χ3v) is 6.08. The number of aliphatic hydroxyl groups is 1. The van der Waals surface area contributed by atoms with Crippen LogP contribution in [0.4, 0.5) is 0 Å². The first-order valence-electron chi connectivity index (χ1n) is 5.22. The van der Waals surface area contributed by atoms with E-state index in [1.54, 1.807) is 6.92 Å². The second-order valence-electron chi connectivity index (χ2n) is 4.01. The lowest BCUT2D eigenvalue weighted by molar-refractivity contribution is 0.136. The number of β-amino-alcohol motifs (C(OH)–C–C–N with tert-alkyl or cyclic N) is 1. The normalized spacial score (nSPS) is 25.6. The van der Waals surface area contributed by atoms with Gasteiger partial charge in [-0.3, -0.25) is 0 Å². The average molecular weight is 277 g/mol. The molecule has 2 N–H and O–H groups in total. The number of aromatic nitrogens is 1. The van der Waals surface area contributed by atoms with E-state index in [9.17, 15) is 13.5 Å². The van der Waals surface area contributed by atoms with Gasteiger partial charge in [0, 0.05) is 20.1 Å². The Bertz CT molecular complexity index is 499. The summed E-state index contributed by atoms with van der Waals surface area (Å²) in [6, 6.07) is -0.414. The van der Waals surface area contributed by atoms with Crippen LogP contribution in [-0.4, -0.2) is 55.1 Å². The van der Waals surface area contributed by atoms with Crippen molar-refractivity contribution >= 4 is 21.4 Å². The summed E-state index contributed by atoms with van der Waals surface area (Å²) in [6.07, 6.45) is 0.699. The van der Waals surface area contributed by atoms with Gasteiger partial charge in [-0.05, 0) is 6.92 Å². The van der Waals surface area contributed by atoms with Gasteiger partial charge in [0.2, 0.25) is 0 Å². The van der Waals surface area contributed by atoms with Crippen LogP contribution in [0.3, 0.4) is 0 Å². The zero-order valence-electron chi connectivity index (χ0n) is 9.62. The maximum Gasteiger partial charge on any atom is 0.254 e. The quantitative estimate of drug-likeness (QED) is 0.771. The fourth-order valence-electron chi connectivity index (χ4n) is 1.80. The largest absolute Gasteiger partial charge is 0.390 e. The number of rotatable bonds is 3. The van der Waals surface area contributed by atoms with Gasteiger partial charge in [0.15, 0.2) is 4.21 Å². The van der Waals surface area contributed by atoms with Crippen LogP contribution in [-0.2, 0) is 10.0 Å². The first-order chi connectivity index (χ1) is 7.93. The SMILES string of the molecule is Cc1ncc(S(=O)(=O)N(C)[C@@H]2CNC[C@H]2O)s1. The highest BCUT2D eigenvalue weighted by atomic mass is 32.2. The zero-order valence-corrected chi connectivity index (χ0v) is 11.3. The van der Waals surface area contributed by atoms with Crippen molar-refractivity contribution in [2.75, 3.05) is 20.1 Å². The molecule has 2 heterocycles. The van der Waals surface area contributed by atoms with Crippen LogP contribution >= 0.6 is 11.3 Å². The van der Waals surface area contributed by atoms with Crippen molar-refractivity contribution in [2.45, 2.75) is 23.3 Å². The molecule has 1 aromatic rings. The number of nitrogens with one attached hydrogen (secondary N) is 1. The van der Waals surface area contributed by atoms with Crippen LogP contribution < -0.4 is 5.32 Å². The van der Waals surface area contributed by atoms with E-state index < -0.39 is 22.2 Å². The lowest BCUT2D eigenvalue weighted by atomic mass is 10.2. The Hall–Kier alpha value is -0.540. The molecule has 0 aliphatic carbocycles. The molecule has 1 aliphatic rings. The van der Waals surface area contributed by atoms with E-state index in [-0.39, 0.29) is 4.21 Å². The third kappa shape index (κ3) is 2.36. The summed E-state index contributed by atoms with van der Waals surface area (Å²) < 4.78 is 25.9. The zero-order chi connectivity index (χ0) is 12.6. The van der Waals surface area contributed by atoms with Gasteiger partial charge in [-0.2, -0.15) is 4.31 Å². The summed E-state index contributed by atoms with van der Waals surface area (Å²) in [5, 5.41) is 13.4. The minimum atomic E-state index is -3.55. The van der Waals surface area contributed by atoms with E-state index in [1.807, 2.05) is 0 Å². The lowest BCUT2D eigenvalue weighted by Crippen LogP contribution is -2.43. The van der Waals surface area contributed by atoms with Crippen LogP contribution in [0.1, 0.15) is 5.01 Å². The molecule has 1 saturated heterocycles. The summed E-state index contributed by atoms with van der Waals surface area (Å²) in [7, 11) is -2.05. The highest BCUT2D eigenvalue weighted by Gasteiger charge is 2.36. The molecule has 2 atom stereocenters. The van der Waals surface area contributed by atoms with Gasteiger partial charge >= 0.3 is 0 Å². The topological polar surface area (TPSA) is 82.5 Å². The molecule has 0 radical (unpaired) electrons. The predicted molar refractivity (Wildman–Crippen MR) is 64.5 cm³/mol. The smallest absolute Gasteiger partial charge is 0.254 e. The number of likely N-dealkylation sites (N-methyl/N-ethyl adjacent to an activating group) is 1. The molecule has 1 fully saturated rings. The number of thiazole rings is 1. The second kappa shape index (κ2) is 4.62. The van der Waals surface area contributed by atoms with Crippen LogP contribution in [0.5, 0.6) is 0 Å². The van der Waals surface area contributed by atoms with Gasteiger partial charge in [-0.25, -0.2) is 13.4 Å². The third-order valence-electron chi connectivity index (χ3n) is 2.85. The van der Waals surface area contributed by atoms with Crippen molar-refractivity contribution in [2.24, 2.45) is 0 Å². The van der Waals surface area contributed by atoms with Crippen LogP contribution in [0, 0.1) is 6.92 Å². The molecule has 2 rings (SSSR count). The molecule has 1 aromatic heterocycles. The summed E-state index contributed by atoms with van der Waals surface area (Å²) in [5.74, 6) is 0. The van der Waals surface area contributed by atoms with Crippen LogP contribution in [0.2, 0.25) is 0 Å². The van der Waals surface area contributed by atoms with E-state index in [0.717, 1.165) is 11.3 Å². The molecule has 96 valence electrons. The molecule has 1 aliphatic heterocycles. The fourth-order valence-corrected chi connectivity index (χ4v) is 4.48. The molecule has 0 aromatic carbocycles. The van der Waals surface area contributed by atoms with E-state index >= 15 is 0 Å². The number of hydrogen-bond acceptors (Lipinski definition) is 6. The molecule has 0 unspecified atom stereocenters. The maximum atomic E-state index is 12.2. The molecule has 0 saturated carbocycles. The van der Waals surface area contributed by atoms with Gasteiger partial charge < -0.3 is 10.4 Å². The van der Waals surface area contributed by atoms with Gasteiger partial charge in [0.25, 0.3) is 10.0 Å². The fraction of sp³-hybridized carbons (Fsp3) is 0.667. The predicted octanol–water partition coefficient (Wildman–Crippen LogP) is -0.595. The molecule has 0 spiro atoms. The number of nitrogens with zero attached hydrogens (tertiary/aromatic N) is 2. The Morgan fingerprint density at radius 2 is 2.29 bits per heavy atom. The molecule has 6 nitrogen and oxygen atoms in total. The van der Waals surface area contributed by atoms with Crippen molar-refractivity contribution in [3.8, 4) is 0 Å². The Morgan fingerprint density at radius 1 is 1.59 bits per heavy atom. The highest BCUT2D eigenvalue weighted by molar-refractivity contribution is 7.91. The van der Waals surface area contributed by atoms with E-state index in [4.69, 9.17) is 0 Å². The van der Waals surface area contributed by atoms with E-state index in [0.29, 0.717) is 18.1 Å². The first kappa shape index (κ1) is 12.9. The molecular formula is C9H15N3O3S2. The maximum absolute atomic E-state index is 12.2. The first-order valence-corrected chi connectivity index (χ1v) is 7.48. The summed E-state index contributed by atoms with van der Waals surface area (Å²) in [4.78, 5) is 3.95. The van der Waals surface area contributed by atoms with Crippen molar-refractivity contribution in [3.63, 3.8) is 0 Å². The van der Waals surface area contributed by atoms with Crippen molar-refractivity contribution < 1.29 is 13.5 Å². The minimum absolute atomic E-state index is 0.219. The monoisotopic (exact) mass is 277 g/mol. The Morgan fingerprint density at radius 3 is 2.76 bits per heavy atom. The van der Waals surface area contributed by atoms with Crippen molar-refractivity contribution in [1.29, 1.82) is 0 Å². The molecule has 8 heteroatoms. The minimum Gasteiger partial charge on any atom is -0.390 e. The van der Waals surface area contributed by atoms with Gasteiger partial charge in [-0.15, -0.1) is 11.3 Å².